The SMILES string of the molecule is CNC(=O)COc1cc2cc(Nc3nc(N4CCN(CC5C(C)CN(c6ccc7c(C8CCC(=O)NC8=O)nn(C)c7c6)CC5C)CC4)ncc3Cl)cnc2n(C(C)C)c1=O. The van der Waals surface area contributed by atoms with E-state index in [4.69, 9.17) is 26.4 Å². The minimum Gasteiger partial charge on any atom is -0.478 e. The van der Waals surface area contributed by atoms with E-state index in [0.717, 1.165) is 68.1 Å². The molecule has 17 nitrogen and oxygen atoms in total. The number of likely N-dealkylation sites (N-methyl/N-ethyl adjacent to an activating group) is 1. The maximum Gasteiger partial charge on any atom is 0.294 e. The molecule has 5 aromatic rings. The minimum absolute atomic E-state index is 0.0585. The molecule has 3 unspecified atom stereocenters. The van der Waals surface area contributed by atoms with Gasteiger partial charge in [-0.1, -0.05) is 25.4 Å². The normalized spacial score (nSPS) is 21.3. The van der Waals surface area contributed by atoms with Gasteiger partial charge in [-0.15, -0.1) is 0 Å². The maximum atomic E-state index is 13.2. The number of hydrogen-bond donors (Lipinski definition) is 3. The second-order valence-corrected chi connectivity index (χ2v) is 17.3. The molecule has 3 saturated heterocycles. The van der Waals surface area contributed by atoms with Crippen LogP contribution in [0.2, 0.25) is 5.02 Å². The monoisotopic (exact) mass is 852 g/mol. The van der Waals surface area contributed by atoms with Gasteiger partial charge >= 0.3 is 0 Å². The third-order valence-corrected chi connectivity index (χ3v) is 12.7. The molecule has 3 fully saturated rings. The van der Waals surface area contributed by atoms with Crippen LogP contribution in [-0.2, 0) is 21.4 Å². The third-order valence-electron chi connectivity index (χ3n) is 12.4. The highest BCUT2D eigenvalue weighted by molar-refractivity contribution is 6.33. The summed E-state index contributed by atoms with van der Waals surface area (Å²) in [6.45, 7) is 14.5. The lowest BCUT2D eigenvalue weighted by Crippen LogP contribution is -2.52. The topological polar surface area (TPSA) is 185 Å². The van der Waals surface area contributed by atoms with Gasteiger partial charge in [0.1, 0.15) is 10.7 Å². The smallest absolute Gasteiger partial charge is 0.294 e. The quantitative estimate of drug-likeness (QED) is 0.161. The number of carbonyl (C=O) groups is 3. The van der Waals surface area contributed by atoms with E-state index in [2.05, 4.69) is 72.7 Å². The number of carbonyl (C=O) groups excluding carboxylic acids is 3. The summed E-state index contributed by atoms with van der Waals surface area (Å²) in [5, 5.41) is 15.0. The molecule has 0 radical (unpaired) electrons. The summed E-state index contributed by atoms with van der Waals surface area (Å²) < 4.78 is 9.00. The summed E-state index contributed by atoms with van der Waals surface area (Å²) >= 11 is 6.61. The zero-order valence-corrected chi connectivity index (χ0v) is 36.2. The molecule has 3 amide bonds. The van der Waals surface area contributed by atoms with Crippen molar-refractivity contribution in [3.63, 3.8) is 0 Å². The Kier molecular flexibility index (Phi) is 11.9. The Morgan fingerprint density at radius 1 is 1.00 bits per heavy atom. The number of aromatic nitrogens is 6. The van der Waals surface area contributed by atoms with Crippen molar-refractivity contribution in [2.75, 3.05) is 74.6 Å². The van der Waals surface area contributed by atoms with Crippen molar-refractivity contribution >= 4 is 74.4 Å². The summed E-state index contributed by atoms with van der Waals surface area (Å²) in [5.74, 6) is 1.31. The molecule has 7 heterocycles. The van der Waals surface area contributed by atoms with Crippen molar-refractivity contribution in [3.8, 4) is 5.75 Å². The molecule has 322 valence electrons. The Morgan fingerprint density at radius 3 is 2.46 bits per heavy atom. The highest BCUT2D eigenvalue weighted by atomic mass is 35.5. The molecule has 18 heteroatoms. The standard InChI is InChI=1S/C43H53ClN12O5/c1-24(2)56-40-27(16-35(42(56)60)61-23-37(58)45-5)15-28(18-46-40)48-39-33(44)19-47-43(50-39)54-13-11-53(12-14-54)22-32-25(3)20-55(21-26(32)4)29-7-8-30-34(17-29)52(6)51-38(30)31-9-10-36(57)49-41(31)59/h7-8,15-19,24-26,31-32H,9-14,20-23H2,1-6H3,(H,45,58)(H,47,48,50)(H,49,57,59). The Bertz CT molecular complexity index is 2540. The highest BCUT2D eigenvalue weighted by Gasteiger charge is 2.35. The molecule has 0 saturated carbocycles. The number of anilines is 4. The molecular weight excluding hydrogens is 800 g/mol. The Morgan fingerprint density at radius 2 is 1.75 bits per heavy atom. The van der Waals surface area contributed by atoms with E-state index < -0.39 is 5.92 Å². The zero-order chi connectivity index (χ0) is 43.1. The van der Waals surface area contributed by atoms with Crippen molar-refractivity contribution in [1.29, 1.82) is 0 Å². The lowest BCUT2D eigenvalue weighted by molar-refractivity contribution is -0.134. The predicted octanol–water partition coefficient (Wildman–Crippen LogP) is 4.23. The molecule has 1 aromatic carbocycles. The van der Waals surface area contributed by atoms with E-state index in [1.165, 1.54) is 7.05 Å². The number of amides is 3. The molecule has 0 aliphatic carbocycles. The van der Waals surface area contributed by atoms with Gasteiger partial charge in [-0.05, 0) is 68.4 Å². The second kappa shape index (κ2) is 17.3. The van der Waals surface area contributed by atoms with Crippen molar-refractivity contribution < 1.29 is 19.1 Å². The highest BCUT2D eigenvalue weighted by Crippen LogP contribution is 2.36. The summed E-state index contributed by atoms with van der Waals surface area (Å²) in [6.07, 6.45) is 4.04. The Labute approximate surface area is 358 Å². The summed E-state index contributed by atoms with van der Waals surface area (Å²) in [6, 6.07) is 9.66. The first-order valence-corrected chi connectivity index (χ1v) is 21.4. The van der Waals surface area contributed by atoms with Crippen LogP contribution in [0.15, 0.2) is 47.5 Å². The van der Waals surface area contributed by atoms with Gasteiger partial charge in [0, 0.05) is 88.8 Å². The third kappa shape index (κ3) is 8.58. The van der Waals surface area contributed by atoms with Crippen LogP contribution in [-0.4, -0.2) is 111 Å². The van der Waals surface area contributed by atoms with E-state index in [1.807, 2.05) is 31.6 Å². The maximum absolute atomic E-state index is 13.2. The summed E-state index contributed by atoms with van der Waals surface area (Å²) in [7, 11) is 3.42. The van der Waals surface area contributed by atoms with Gasteiger partial charge in [-0.25, -0.2) is 9.97 Å². The van der Waals surface area contributed by atoms with Crippen molar-refractivity contribution in [2.24, 2.45) is 24.8 Å². The Hall–Kier alpha value is -5.81. The number of nitrogens with one attached hydrogen (secondary N) is 3. The Balaban J connectivity index is 0.891. The molecule has 3 aliphatic rings. The summed E-state index contributed by atoms with van der Waals surface area (Å²) in [5.41, 5.74) is 3.61. The number of pyridine rings is 2. The number of imide groups is 1. The number of hydrogen-bond acceptors (Lipinski definition) is 13. The van der Waals surface area contributed by atoms with E-state index in [-0.39, 0.29) is 41.7 Å². The fourth-order valence-corrected chi connectivity index (χ4v) is 9.22. The van der Waals surface area contributed by atoms with Crippen LogP contribution in [0.25, 0.3) is 21.9 Å². The van der Waals surface area contributed by atoms with E-state index in [1.54, 1.807) is 23.0 Å². The van der Waals surface area contributed by atoms with Crippen LogP contribution in [0, 0.1) is 17.8 Å². The lowest BCUT2D eigenvalue weighted by Gasteiger charge is -2.45. The molecule has 3 aliphatic heterocycles. The van der Waals surface area contributed by atoms with Gasteiger partial charge in [-0.2, -0.15) is 10.1 Å². The van der Waals surface area contributed by atoms with Gasteiger partial charge < -0.3 is 25.2 Å². The minimum atomic E-state index is -0.424. The average molecular weight is 853 g/mol. The molecule has 4 aromatic heterocycles. The number of benzene rings is 1. The van der Waals surface area contributed by atoms with Gasteiger partial charge in [-0.3, -0.25) is 38.6 Å². The number of aryl methyl sites for hydroxylation is 1. The zero-order valence-electron chi connectivity index (χ0n) is 35.4. The van der Waals surface area contributed by atoms with Crippen LogP contribution in [0.4, 0.5) is 23.1 Å². The van der Waals surface area contributed by atoms with Crippen LogP contribution in [0.5, 0.6) is 5.75 Å². The van der Waals surface area contributed by atoms with Gasteiger partial charge in [0.2, 0.25) is 17.8 Å². The molecular formula is C43H53ClN12O5. The van der Waals surface area contributed by atoms with Gasteiger partial charge in [0.25, 0.3) is 11.5 Å². The second-order valence-electron chi connectivity index (χ2n) is 16.9. The van der Waals surface area contributed by atoms with E-state index >= 15 is 0 Å². The van der Waals surface area contributed by atoms with Gasteiger partial charge in [0.15, 0.2) is 18.2 Å². The van der Waals surface area contributed by atoms with Crippen LogP contribution >= 0.6 is 11.6 Å². The van der Waals surface area contributed by atoms with Crippen molar-refractivity contribution in [1.82, 2.24) is 44.8 Å². The molecule has 8 rings (SSSR count). The molecule has 0 spiro atoms. The lowest BCUT2D eigenvalue weighted by atomic mass is 9.78. The molecule has 0 bridgehead atoms. The van der Waals surface area contributed by atoms with Crippen LogP contribution < -0.4 is 36.0 Å². The number of ether oxygens (including phenoxy) is 1. The first-order chi connectivity index (χ1) is 29.3. The fourth-order valence-electron chi connectivity index (χ4n) is 9.08. The average Bonchev–Trinajstić information content (AvgIpc) is 3.56. The molecule has 3 atom stereocenters. The molecule has 61 heavy (non-hydrogen) atoms. The number of fused-ring (bicyclic) bond motifs is 2. The first-order valence-electron chi connectivity index (χ1n) is 21.0. The number of halogens is 1. The number of rotatable bonds is 11. The van der Waals surface area contributed by atoms with Crippen molar-refractivity contribution in [3.05, 3.63) is 63.8 Å². The van der Waals surface area contributed by atoms with E-state index in [0.29, 0.717) is 64.1 Å². The first kappa shape index (κ1) is 41.9. The fraction of sp³-hybridized carbons (Fsp3) is 0.488. The number of piperidine rings is 2. The van der Waals surface area contributed by atoms with Crippen LogP contribution in [0.1, 0.15) is 58.2 Å². The predicted molar refractivity (Wildman–Crippen MR) is 235 cm³/mol. The largest absolute Gasteiger partial charge is 0.478 e. The number of nitrogens with zero attached hydrogens (tertiary/aromatic N) is 9. The summed E-state index contributed by atoms with van der Waals surface area (Å²) in [4.78, 5) is 70.7. The van der Waals surface area contributed by atoms with Crippen LogP contribution in [0.3, 0.4) is 0 Å². The van der Waals surface area contributed by atoms with Crippen molar-refractivity contribution in [2.45, 2.75) is 52.5 Å². The van der Waals surface area contributed by atoms with E-state index in [9.17, 15) is 19.2 Å². The number of piperazine rings is 1. The molecule has 3 N–H and O–H groups in total. The van der Waals surface area contributed by atoms with Gasteiger partial charge in [0.05, 0.1) is 35.2 Å².